The van der Waals surface area contributed by atoms with Crippen molar-refractivity contribution in [3.05, 3.63) is 0 Å². The van der Waals surface area contributed by atoms with Crippen LogP contribution in [0.25, 0.3) is 0 Å². The first-order chi connectivity index (χ1) is 6.08. The van der Waals surface area contributed by atoms with Crippen molar-refractivity contribution in [3.63, 3.8) is 0 Å². The van der Waals surface area contributed by atoms with Gasteiger partial charge in [0.25, 0.3) is 0 Å². The van der Waals surface area contributed by atoms with Crippen molar-refractivity contribution in [1.82, 2.24) is 5.32 Å². The zero-order valence-electron chi connectivity index (χ0n) is 8.50. The Bertz CT molecular complexity index is 198. The monoisotopic (exact) mass is 207 g/mol. The van der Waals surface area contributed by atoms with Gasteiger partial charge in [0.1, 0.15) is 13.5 Å². The summed E-state index contributed by atoms with van der Waals surface area (Å²) < 4.78 is 16.6. The van der Waals surface area contributed by atoms with E-state index in [2.05, 4.69) is 5.32 Å². The number of esters is 1. The molecule has 4 nitrogen and oxygen atoms in total. The second-order valence-corrected chi connectivity index (χ2v) is 6.51. The maximum Gasteiger partial charge on any atom is 0.320 e. The topological polar surface area (TPSA) is 55.4 Å². The molecule has 0 heterocycles. The van der Waals surface area contributed by atoms with Crippen molar-refractivity contribution < 1.29 is 14.1 Å². The van der Waals surface area contributed by atoms with Crippen molar-refractivity contribution in [1.29, 1.82) is 0 Å². The minimum Gasteiger partial charge on any atom is -0.457 e. The number of carbonyl (C=O) groups excluding carboxylic acids is 1. The van der Waals surface area contributed by atoms with Gasteiger partial charge in [-0.25, -0.2) is 0 Å². The van der Waals surface area contributed by atoms with E-state index in [1.54, 1.807) is 7.05 Å². The largest absolute Gasteiger partial charge is 0.457 e. The van der Waals surface area contributed by atoms with Crippen molar-refractivity contribution in [2.75, 3.05) is 32.3 Å². The fraction of sp³-hybridized carbons (Fsp3) is 0.875. The number of hydrogen-bond donors (Lipinski definition) is 1. The predicted octanol–water partition coefficient (Wildman–Crippen LogP) is 1.11. The Morgan fingerprint density at radius 3 is 2.31 bits per heavy atom. The SMILES string of the molecule is CCP(=O)(CC)COC(=O)CNC. The number of hydrogen-bond acceptors (Lipinski definition) is 4. The van der Waals surface area contributed by atoms with E-state index in [9.17, 15) is 9.36 Å². The third-order valence-corrected chi connectivity index (χ3v) is 4.84. The second-order valence-electron chi connectivity index (χ2n) is 2.87. The maximum atomic E-state index is 11.8. The van der Waals surface area contributed by atoms with E-state index in [4.69, 9.17) is 4.74 Å². The highest BCUT2D eigenvalue weighted by Gasteiger charge is 2.18. The zero-order valence-corrected chi connectivity index (χ0v) is 9.39. The molecule has 0 aromatic carbocycles. The van der Waals surface area contributed by atoms with Gasteiger partial charge in [-0.2, -0.15) is 0 Å². The molecular formula is C8H18NO3P. The van der Waals surface area contributed by atoms with Crippen LogP contribution < -0.4 is 5.32 Å². The average molecular weight is 207 g/mol. The van der Waals surface area contributed by atoms with Crippen LogP contribution in [0.5, 0.6) is 0 Å². The van der Waals surface area contributed by atoms with Crippen LogP contribution in [0.2, 0.25) is 0 Å². The zero-order chi connectivity index (χ0) is 10.3. The van der Waals surface area contributed by atoms with Crippen LogP contribution in [-0.4, -0.2) is 38.2 Å². The number of likely N-dealkylation sites (N-methyl/N-ethyl adjacent to an activating group) is 1. The number of nitrogens with one attached hydrogen (secondary N) is 1. The maximum absolute atomic E-state index is 11.8. The van der Waals surface area contributed by atoms with Gasteiger partial charge in [-0.05, 0) is 7.05 Å². The molecular weight excluding hydrogens is 189 g/mol. The summed E-state index contributed by atoms with van der Waals surface area (Å²) in [4.78, 5) is 10.9. The summed E-state index contributed by atoms with van der Waals surface area (Å²) in [5, 5.41) is 2.68. The molecule has 78 valence electrons. The molecule has 5 heteroatoms. The van der Waals surface area contributed by atoms with Gasteiger partial charge in [0.2, 0.25) is 0 Å². The third-order valence-electron chi connectivity index (χ3n) is 1.93. The van der Waals surface area contributed by atoms with Gasteiger partial charge in [0, 0.05) is 12.3 Å². The van der Waals surface area contributed by atoms with Crippen LogP contribution in [0, 0.1) is 0 Å². The van der Waals surface area contributed by atoms with E-state index in [1.807, 2.05) is 13.8 Å². The predicted molar refractivity (Wildman–Crippen MR) is 53.6 cm³/mol. The highest BCUT2D eigenvalue weighted by molar-refractivity contribution is 7.63. The van der Waals surface area contributed by atoms with Crippen molar-refractivity contribution >= 4 is 13.1 Å². The first kappa shape index (κ1) is 12.7. The third kappa shape index (κ3) is 5.06. The van der Waals surface area contributed by atoms with Crippen molar-refractivity contribution in [2.45, 2.75) is 13.8 Å². The van der Waals surface area contributed by atoms with Gasteiger partial charge in [-0.1, -0.05) is 13.8 Å². The Morgan fingerprint density at radius 1 is 1.38 bits per heavy atom. The fourth-order valence-electron chi connectivity index (χ4n) is 0.791. The summed E-state index contributed by atoms with van der Waals surface area (Å²) in [6.45, 7) is 3.89. The average Bonchev–Trinajstić information content (AvgIpc) is 2.15. The highest BCUT2D eigenvalue weighted by atomic mass is 31.2. The molecule has 0 saturated heterocycles. The lowest BCUT2D eigenvalue weighted by Crippen LogP contribution is -2.21. The first-order valence-corrected chi connectivity index (χ1v) is 6.71. The molecule has 0 amide bonds. The van der Waals surface area contributed by atoms with Crippen LogP contribution in [-0.2, 0) is 14.1 Å². The number of rotatable bonds is 6. The molecule has 0 bridgehead atoms. The smallest absolute Gasteiger partial charge is 0.320 e. The molecule has 0 saturated carbocycles. The Balaban J connectivity index is 3.86. The summed E-state index contributed by atoms with van der Waals surface area (Å²) in [5.74, 6) is -0.343. The molecule has 0 atom stereocenters. The molecule has 0 radical (unpaired) electrons. The quantitative estimate of drug-likeness (QED) is 0.523. The van der Waals surface area contributed by atoms with E-state index in [0.717, 1.165) is 0 Å². The fourth-order valence-corrected chi connectivity index (χ4v) is 1.98. The molecule has 0 fully saturated rings. The van der Waals surface area contributed by atoms with Crippen LogP contribution in [0.4, 0.5) is 0 Å². The van der Waals surface area contributed by atoms with Gasteiger partial charge in [-0.15, -0.1) is 0 Å². The Morgan fingerprint density at radius 2 is 1.92 bits per heavy atom. The lowest BCUT2D eigenvalue weighted by molar-refractivity contribution is -0.140. The van der Waals surface area contributed by atoms with Crippen molar-refractivity contribution in [2.24, 2.45) is 0 Å². The Labute approximate surface area is 79.4 Å². The molecule has 0 unspecified atom stereocenters. The summed E-state index contributed by atoms with van der Waals surface area (Å²) in [7, 11) is -0.562. The molecule has 0 spiro atoms. The normalized spacial score (nSPS) is 11.3. The van der Waals surface area contributed by atoms with E-state index < -0.39 is 7.14 Å². The molecule has 13 heavy (non-hydrogen) atoms. The lowest BCUT2D eigenvalue weighted by atomic mass is 10.7. The molecule has 0 aliphatic carbocycles. The second kappa shape index (κ2) is 6.17. The lowest BCUT2D eigenvalue weighted by Gasteiger charge is -2.13. The molecule has 0 aliphatic heterocycles. The van der Waals surface area contributed by atoms with Crippen LogP contribution in [0.3, 0.4) is 0 Å². The standard InChI is InChI=1S/C8H18NO3P/c1-4-13(11,5-2)7-12-8(10)6-9-3/h9H,4-7H2,1-3H3. The van der Waals surface area contributed by atoms with Crippen LogP contribution in [0.15, 0.2) is 0 Å². The number of ether oxygens (including phenoxy) is 1. The van der Waals surface area contributed by atoms with Crippen LogP contribution in [0.1, 0.15) is 13.8 Å². The highest BCUT2D eigenvalue weighted by Crippen LogP contribution is 2.44. The number of carbonyl (C=O) groups is 1. The van der Waals surface area contributed by atoms with Gasteiger partial charge >= 0.3 is 5.97 Å². The molecule has 0 rings (SSSR count). The van der Waals surface area contributed by atoms with E-state index in [0.29, 0.717) is 12.3 Å². The minimum atomic E-state index is -2.23. The first-order valence-electron chi connectivity index (χ1n) is 4.45. The van der Waals surface area contributed by atoms with Gasteiger partial charge < -0.3 is 14.6 Å². The van der Waals surface area contributed by atoms with E-state index in [-0.39, 0.29) is 18.9 Å². The summed E-state index contributed by atoms with van der Waals surface area (Å²) in [6.07, 6.45) is 1.27. The van der Waals surface area contributed by atoms with Crippen LogP contribution >= 0.6 is 7.14 Å². The van der Waals surface area contributed by atoms with Gasteiger partial charge in [0.15, 0.2) is 0 Å². The summed E-state index contributed by atoms with van der Waals surface area (Å²) >= 11 is 0. The van der Waals surface area contributed by atoms with E-state index in [1.165, 1.54) is 0 Å². The molecule has 1 N–H and O–H groups in total. The minimum absolute atomic E-state index is 0.0838. The molecule has 0 aromatic rings. The summed E-state index contributed by atoms with van der Waals surface area (Å²) in [5.41, 5.74) is 0. The Hall–Kier alpha value is -0.340. The molecule has 0 aromatic heterocycles. The van der Waals surface area contributed by atoms with Gasteiger partial charge in [0.05, 0.1) is 6.54 Å². The molecule has 0 aliphatic rings. The van der Waals surface area contributed by atoms with Crippen molar-refractivity contribution in [3.8, 4) is 0 Å². The van der Waals surface area contributed by atoms with Gasteiger partial charge in [-0.3, -0.25) is 4.79 Å². The summed E-state index contributed by atoms with van der Waals surface area (Å²) in [6, 6.07) is 0. The van der Waals surface area contributed by atoms with E-state index >= 15 is 0 Å². The Kier molecular flexibility index (Phi) is 6.00.